The van der Waals surface area contributed by atoms with Crippen LogP contribution in [0.1, 0.15) is 53.9 Å². The van der Waals surface area contributed by atoms with Gasteiger partial charge in [0.15, 0.2) is 11.4 Å². The van der Waals surface area contributed by atoms with Gasteiger partial charge in [-0.2, -0.15) is 5.10 Å². The first-order valence-corrected chi connectivity index (χ1v) is 14.1. The number of hydrogen-bond donors (Lipinski definition) is 1. The van der Waals surface area contributed by atoms with Gasteiger partial charge >= 0.3 is 0 Å². The van der Waals surface area contributed by atoms with Gasteiger partial charge in [0.2, 0.25) is 5.91 Å². The van der Waals surface area contributed by atoms with Crippen molar-refractivity contribution in [1.29, 1.82) is 0 Å². The molecule has 2 atom stereocenters. The number of anilines is 1. The van der Waals surface area contributed by atoms with E-state index in [9.17, 15) is 4.79 Å². The fraction of sp³-hybridized carbons (Fsp3) is 0.267. The summed E-state index contributed by atoms with van der Waals surface area (Å²) >= 11 is 1.82. The lowest BCUT2D eigenvalue weighted by Gasteiger charge is -2.31. The molecular weight excluding hydrogens is 508 g/mol. The molecule has 2 unspecified atom stereocenters. The molecule has 8 nitrogen and oxygen atoms in total. The van der Waals surface area contributed by atoms with Gasteiger partial charge in [-0.05, 0) is 36.1 Å². The van der Waals surface area contributed by atoms with Crippen LogP contribution in [-0.2, 0) is 4.79 Å². The number of amides is 1. The van der Waals surface area contributed by atoms with Gasteiger partial charge in [0.1, 0.15) is 5.76 Å². The van der Waals surface area contributed by atoms with E-state index in [1.54, 1.807) is 6.92 Å². The van der Waals surface area contributed by atoms with E-state index in [0.29, 0.717) is 11.4 Å². The van der Waals surface area contributed by atoms with Crippen LogP contribution < -0.4 is 5.73 Å². The molecule has 2 N–H and O–H groups in total. The minimum absolute atomic E-state index is 0.0178. The molecule has 0 saturated carbocycles. The Morgan fingerprint density at radius 1 is 1.10 bits per heavy atom. The number of nitrogens with two attached hydrogens (primary N) is 1. The minimum Gasteiger partial charge on any atom is -0.456 e. The third-order valence-corrected chi connectivity index (χ3v) is 9.34. The van der Waals surface area contributed by atoms with Crippen LogP contribution in [0.25, 0.3) is 22.1 Å². The SMILES string of the molecule is CC(=O)N1CCC(n2cc(-c3cnc(N)c4oc(C5c6ccncc6SC5c5ccccc5)cc34)cn2)CC1. The zero-order valence-corrected chi connectivity index (χ0v) is 22.3. The van der Waals surface area contributed by atoms with Gasteiger partial charge in [-0.15, -0.1) is 11.8 Å². The zero-order valence-electron chi connectivity index (χ0n) is 21.5. The number of thioether (sulfide) groups is 1. The number of furan rings is 1. The van der Waals surface area contributed by atoms with E-state index in [-0.39, 0.29) is 23.1 Å². The van der Waals surface area contributed by atoms with Crippen LogP contribution in [0.2, 0.25) is 0 Å². The number of aromatic nitrogens is 4. The summed E-state index contributed by atoms with van der Waals surface area (Å²) < 4.78 is 8.55. The molecule has 7 rings (SSSR count). The highest BCUT2D eigenvalue weighted by Crippen LogP contribution is 2.57. The molecule has 9 heteroatoms. The van der Waals surface area contributed by atoms with Crippen molar-refractivity contribution in [2.24, 2.45) is 0 Å². The van der Waals surface area contributed by atoms with E-state index in [1.807, 2.05) is 52.2 Å². The number of nitrogens with zero attached hydrogens (tertiary/aromatic N) is 5. The molecule has 4 aromatic heterocycles. The molecule has 0 bridgehead atoms. The summed E-state index contributed by atoms with van der Waals surface area (Å²) in [5.74, 6) is 1.39. The fourth-order valence-electron chi connectivity index (χ4n) is 5.89. The normalized spacial score (nSPS) is 19.5. The molecule has 2 aliphatic rings. The fourth-order valence-corrected chi connectivity index (χ4v) is 7.32. The van der Waals surface area contributed by atoms with E-state index >= 15 is 0 Å². The molecule has 0 radical (unpaired) electrons. The highest BCUT2D eigenvalue weighted by atomic mass is 32.2. The molecule has 0 aliphatic carbocycles. The smallest absolute Gasteiger partial charge is 0.219 e. The van der Waals surface area contributed by atoms with Crippen molar-refractivity contribution in [2.45, 2.75) is 41.9 Å². The van der Waals surface area contributed by atoms with Crippen LogP contribution in [-0.4, -0.2) is 43.6 Å². The average molecular weight is 537 g/mol. The van der Waals surface area contributed by atoms with Crippen molar-refractivity contribution in [3.63, 3.8) is 0 Å². The summed E-state index contributed by atoms with van der Waals surface area (Å²) in [5.41, 5.74) is 11.3. The Kier molecular flexibility index (Phi) is 5.88. The number of pyridine rings is 2. The van der Waals surface area contributed by atoms with Gasteiger partial charge in [-0.3, -0.25) is 14.5 Å². The number of carbonyl (C=O) groups is 1. The Balaban J connectivity index is 1.27. The topological polar surface area (TPSA) is 103 Å². The van der Waals surface area contributed by atoms with Gasteiger partial charge in [0.25, 0.3) is 0 Å². The van der Waals surface area contributed by atoms with Crippen LogP contribution in [0.3, 0.4) is 0 Å². The number of rotatable bonds is 4. The number of fused-ring (bicyclic) bond motifs is 2. The quantitative estimate of drug-likeness (QED) is 0.308. The molecule has 0 spiro atoms. The molecule has 1 aromatic carbocycles. The molecule has 1 saturated heterocycles. The zero-order chi connectivity index (χ0) is 26.5. The van der Waals surface area contributed by atoms with E-state index < -0.39 is 0 Å². The monoisotopic (exact) mass is 536 g/mol. The van der Waals surface area contributed by atoms with Crippen molar-refractivity contribution in [3.05, 3.63) is 90.3 Å². The lowest BCUT2D eigenvalue weighted by atomic mass is 9.90. The summed E-state index contributed by atoms with van der Waals surface area (Å²) in [7, 11) is 0. The van der Waals surface area contributed by atoms with Crippen molar-refractivity contribution >= 4 is 34.5 Å². The molecule has 1 amide bonds. The highest BCUT2D eigenvalue weighted by molar-refractivity contribution is 8.00. The number of likely N-dealkylation sites (tertiary alicyclic amines) is 1. The Labute approximate surface area is 230 Å². The Morgan fingerprint density at radius 2 is 1.92 bits per heavy atom. The third-order valence-electron chi connectivity index (χ3n) is 7.95. The summed E-state index contributed by atoms with van der Waals surface area (Å²) in [6, 6.07) is 15.0. The standard InChI is InChI=1S/C30H28N6O2S/c1-18(37)35-11-8-21(9-12-35)36-17-20(14-34-36)24-15-33-30(31)28-23(24)13-25(38-28)27-22-7-10-32-16-26(22)39-29(27)19-5-3-2-4-6-19/h2-7,10,13-17,21,27,29H,8-9,11-12H2,1H3,(H2,31,33). The first-order chi connectivity index (χ1) is 19.1. The number of piperidine rings is 1. The van der Waals surface area contributed by atoms with Crippen LogP contribution in [0.5, 0.6) is 0 Å². The Hall–Kier alpha value is -4.11. The second kappa shape index (κ2) is 9.57. The average Bonchev–Trinajstić information content (AvgIpc) is 3.71. The molecule has 6 heterocycles. The molecule has 39 heavy (non-hydrogen) atoms. The lowest BCUT2D eigenvalue weighted by molar-refractivity contribution is -0.130. The number of benzene rings is 1. The van der Waals surface area contributed by atoms with E-state index in [0.717, 1.165) is 48.2 Å². The van der Waals surface area contributed by atoms with Gasteiger partial charge < -0.3 is 15.1 Å². The summed E-state index contributed by atoms with van der Waals surface area (Å²) in [4.78, 5) is 23.6. The predicted octanol–water partition coefficient (Wildman–Crippen LogP) is 5.83. The number of nitrogen functional groups attached to an aromatic ring is 1. The van der Waals surface area contributed by atoms with Crippen LogP contribution in [0, 0.1) is 0 Å². The van der Waals surface area contributed by atoms with E-state index in [1.165, 1.54) is 16.0 Å². The maximum atomic E-state index is 11.7. The predicted molar refractivity (Wildman–Crippen MR) is 151 cm³/mol. The van der Waals surface area contributed by atoms with Crippen molar-refractivity contribution < 1.29 is 9.21 Å². The maximum Gasteiger partial charge on any atom is 0.219 e. The molecule has 2 aliphatic heterocycles. The van der Waals surface area contributed by atoms with Gasteiger partial charge in [0, 0.05) is 71.5 Å². The molecule has 1 fully saturated rings. The first kappa shape index (κ1) is 24.0. The first-order valence-electron chi connectivity index (χ1n) is 13.2. The number of carbonyl (C=O) groups excluding carboxylic acids is 1. The minimum atomic E-state index is 0.0178. The van der Waals surface area contributed by atoms with E-state index in [4.69, 9.17) is 15.2 Å². The second-order valence-electron chi connectivity index (χ2n) is 10.2. The molecule has 5 aromatic rings. The Morgan fingerprint density at radius 3 is 2.72 bits per heavy atom. The third kappa shape index (κ3) is 4.17. The van der Waals surface area contributed by atoms with Gasteiger partial charge in [0.05, 0.1) is 18.2 Å². The Bertz CT molecular complexity index is 1670. The van der Waals surface area contributed by atoms with Gasteiger partial charge in [-0.1, -0.05) is 30.3 Å². The lowest BCUT2D eigenvalue weighted by Crippen LogP contribution is -2.37. The summed E-state index contributed by atoms with van der Waals surface area (Å²) in [6.45, 7) is 3.15. The van der Waals surface area contributed by atoms with Crippen LogP contribution in [0.4, 0.5) is 5.82 Å². The summed E-state index contributed by atoms with van der Waals surface area (Å²) in [6.07, 6.45) is 11.3. The van der Waals surface area contributed by atoms with Crippen molar-refractivity contribution in [1.82, 2.24) is 24.6 Å². The highest BCUT2D eigenvalue weighted by Gasteiger charge is 2.38. The van der Waals surface area contributed by atoms with Gasteiger partial charge in [-0.25, -0.2) is 4.98 Å². The van der Waals surface area contributed by atoms with Crippen LogP contribution >= 0.6 is 11.8 Å². The molecule has 196 valence electrons. The van der Waals surface area contributed by atoms with Crippen molar-refractivity contribution in [3.8, 4) is 11.1 Å². The van der Waals surface area contributed by atoms with Crippen LogP contribution in [0.15, 0.2) is 82.8 Å². The largest absolute Gasteiger partial charge is 0.456 e. The molecular formula is C30H28N6O2S. The number of hydrogen-bond acceptors (Lipinski definition) is 7. The maximum absolute atomic E-state index is 11.7. The summed E-state index contributed by atoms with van der Waals surface area (Å²) in [5, 5.41) is 5.79. The van der Waals surface area contributed by atoms with Crippen molar-refractivity contribution in [2.75, 3.05) is 18.8 Å². The van der Waals surface area contributed by atoms with E-state index in [2.05, 4.69) is 52.6 Å². The second-order valence-corrected chi connectivity index (χ2v) is 11.4.